The third-order valence-electron chi connectivity index (χ3n) is 1.95. The molecule has 0 saturated heterocycles. The number of carbonyl (C=O) groups excluding carboxylic acids is 1. The summed E-state index contributed by atoms with van der Waals surface area (Å²) in [5, 5.41) is 27.9. The molecule has 2 unspecified atom stereocenters. The minimum atomic E-state index is -1.19. The first kappa shape index (κ1) is 13.2. The molecule has 0 radical (unpaired) electrons. The monoisotopic (exact) mass is 246 g/mol. The molecular formula is C10H14O5S. The van der Waals surface area contributed by atoms with Gasteiger partial charge in [0.25, 0.3) is 0 Å². The van der Waals surface area contributed by atoms with E-state index in [4.69, 9.17) is 9.52 Å². The normalized spacial score (nSPS) is 14.8. The molecule has 0 aliphatic heterocycles. The maximum atomic E-state index is 10.7. The van der Waals surface area contributed by atoms with E-state index in [0.29, 0.717) is 5.76 Å². The minimum absolute atomic E-state index is 0.103. The zero-order valence-electron chi connectivity index (χ0n) is 8.79. The van der Waals surface area contributed by atoms with Gasteiger partial charge < -0.3 is 19.7 Å². The highest BCUT2D eigenvalue weighted by Gasteiger charge is 2.22. The molecule has 0 saturated carbocycles. The van der Waals surface area contributed by atoms with Crippen LogP contribution in [0.3, 0.4) is 0 Å². The average Bonchev–Trinajstić information content (AvgIpc) is 2.73. The number of aliphatic hydroxyl groups is 3. The lowest BCUT2D eigenvalue weighted by Gasteiger charge is -2.14. The van der Waals surface area contributed by atoms with Gasteiger partial charge in [-0.1, -0.05) is 11.8 Å². The topological polar surface area (TPSA) is 90.9 Å². The summed E-state index contributed by atoms with van der Waals surface area (Å²) in [6, 6.07) is 3.00. The van der Waals surface area contributed by atoms with Gasteiger partial charge in [0.1, 0.15) is 24.2 Å². The van der Waals surface area contributed by atoms with Gasteiger partial charge in [-0.25, -0.2) is 0 Å². The Balaban J connectivity index is 2.55. The highest BCUT2D eigenvalue weighted by Crippen LogP contribution is 2.22. The van der Waals surface area contributed by atoms with Gasteiger partial charge in [0, 0.05) is 12.7 Å². The summed E-state index contributed by atoms with van der Waals surface area (Å²) >= 11 is 0.935. The van der Waals surface area contributed by atoms with Crippen molar-refractivity contribution in [2.45, 2.75) is 25.7 Å². The van der Waals surface area contributed by atoms with E-state index in [2.05, 4.69) is 0 Å². The van der Waals surface area contributed by atoms with Crippen molar-refractivity contribution in [3.05, 3.63) is 23.7 Å². The zero-order valence-corrected chi connectivity index (χ0v) is 9.61. The molecular weight excluding hydrogens is 232 g/mol. The lowest BCUT2D eigenvalue weighted by molar-refractivity contribution is -0.109. The van der Waals surface area contributed by atoms with Crippen molar-refractivity contribution in [1.29, 1.82) is 0 Å². The second kappa shape index (κ2) is 6.05. The molecule has 6 heteroatoms. The van der Waals surface area contributed by atoms with E-state index in [9.17, 15) is 15.0 Å². The van der Waals surface area contributed by atoms with Crippen LogP contribution in [-0.2, 0) is 11.4 Å². The van der Waals surface area contributed by atoms with Crippen LogP contribution in [0.5, 0.6) is 0 Å². The van der Waals surface area contributed by atoms with Gasteiger partial charge in [-0.15, -0.1) is 0 Å². The van der Waals surface area contributed by atoms with Gasteiger partial charge in [0.15, 0.2) is 5.12 Å². The molecule has 0 spiro atoms. The Kier molecular flexibility index (Phi) is 5.01. The molecule has 0 aromatic carbocycles. The standard InChI is InChI=1S/C10H14O5S/c1-6(12)16-5-8(13)10(14)9-3-2-7(4-11)15-9/h2-3,8,10-11,13-14H,4-5H2,1H3. The van der Waals surface area contributed by atoms with Crippen molar-refractivity contribution in [3.8, 4) is 0 Å². The summed E-state index contributed by atoms with van der Waals surface area (Å²) in [7, 11) is 0. The molecule has 0 aliphatic carbocycles. The van der Waals surface area contributed by atoms with Crippen LogP contribution in [0.15, 0.2) is 16.5 Å². The molecule has 1 aromatic rings. The summed E-state index contributed by atoms with van der Waals surface area (Å²) in [4.78, 5) is 10.7. The van der Waals surface area contributed by atoms with E-state index in [0.717, 1.165) is 11.8 Å². The van der Waals surface area contributed by atoms with Crippen LogP contribution in [0.1, 0.15) is 24.5 Å². The van der Waals surface area contributed by atoms with Crippen LogP contribution in [0.4, 0.5) is 0 Å². The first-order chi connectivity index (χ1) is 7.54. The number of hydrogen-bond donors (Lipinski definition) is 3. The number of aliphatic hydroxyl groups excluding tert-OH is 3. The smallest absolute Gasteiger partial charge is 0.185 e. The third-order valence-corrected chi connectivity index (χ3v) is 2.87. The first-order valence-electron chi connectivity index (χ1n) is 4.73. The summed E-state index contributed by atoms with van der Waals surface area (Å²) in [6.07, 6.45) is -2.27. The van der Waals surface area contributed by atoms with Crippen molar-refractivity contribution < 1.29 is 24.5 Å². The first-order valence-corrected chi connectivity index (χ1v) is 5.72. The Hall–Kier alpha value is -0.820. The van der Waals surface area contributed by atoms with Crippen molar-refractivity contribution in [2.24, 2.45) is 0 Å². The van der Waals surface area contributed by atoms with Gasteiger partial charge in [-0.2, -0.15) is 0 Å². The second-order valence-electron chi connectivity index (χ2n) is 3.28. The summed E-state index contributed by atoms with van der Waals surface area (Å²) < 4.78 is 5.07. The zero-order chi connectivity index (χ0) is 12.1. The van der Waals surface area contributed by atoms with E-state index < -0.39 is 12.2 Å². The molecule has 5 nitrogen and oxygen atoms in total. The Labute approximate surface area is 97.1 Å². The highest BCUT2D eigenvalue weighted by atomic mass is 32.2. The van der Waals surface area contributed by atoms with Gasteiger partial charge in [0.2, 0.25) is 0 Å². The van der Waals surface area contributed by atoms with Crippen LogP contribution in [0.2, 0.25) is 0 Å². The van der Waals surface area contributed by atoms with Crippen LogP contribution in [0.25, 0.3) is 0 Å². The lowest BCUT2D eigenvalue weighted by Crippen LogP contribution is -2.20. The molecule has 0 aliphatic rings. The molecule has 2 atom stereocenters. The second-order valence-corrected chi connectivity index (χ2v) is 4.47. The van der Waals surface area contributed by atoms with Crippen LogP contribution < -0.4 is 0 Å². The molecule has 3 N–H and O–H groups in total. The molecule has 0 amide bonds. The summed E-state index contributed by atoms with van der Waals surface area (Å²) in [5.74, 6) is 0.604. The Morgan fingerprint density at radius 2 is 2.19 bits per heavy atom. The predicted molar refractivity (Wildman–Crippen MR) is 58.7 cm³/mol. The summed E-state index contributed by atoms with van der Waals surface area (Å²) in [5.41, 5.74) is 0. The van der Waals surface area contributed by atoms with Crippen molar-refractivity contribution >= 4 is 16.9 Å². The fraction of sp³-hybridized carbons (Fsp3) is 0.500. The maximum Gasteiger partial charge on any atom is 0.185 e. The largest absolute Gasteiger partial charge is 0.461 e. The van der Waals surface area contributed by atoms with E-state index in [1.807, 2.05) is 0 Å². The number of carbonyl (C=O) groups is 1. The fourth-order valence-corrected chi connectivity index (χ4v) is 1.71. The van der Waals surface area contributed by atoms with Crippen LogP contribution in [-0.4, -0.2) is 32.3 Å². The van der Waals surface area contributed by atoms with Crippen molar-refractivity contribution in [1.82, 2.24) is 0 Å². The van der Waals surface area contributed by atoms with E-state index in [1.165, 1.54) is 19.1 Å². The molecule has 1 aromatic heterocycles. The summed E-state index contributed by atoms with van der Waals surface area (Å²) in [6.45, 7) is 1.13. The molecule has 1 rings (SSSR count). The average molecular weight is 246 g/mol. The quantitative estimate of drug-likeness (QED) is 0.698. The molecule has 90 valence electrons. The SMILES string of the molecule is CC(=O)SCC(O)C(O)c1ccc(CO)o1. The third kappa shape index (κ3) is 3.64. The minimum Gasteiger partial charge on any atom is -0.461 e. The number of thioether (sulfide) groups is 1. The van der Waals surface area contributed by atoms with Crippen LogP contribution in [0, 0.1) is 0 Å². The van der Waals surface area contributed by atoms with E-state index in [1.54, 1.807) is 0 Å². The fourth-order valence-electron chi connectivity index (χ4n) is 1.12. The van der Waals surface area contributed by atoms with Gasteiger partial charge >= 0.3 is 0 Å². The van der Waals surface area contributed by atoms with Gasteiger partial charge in [-0.05, 0) is 12.1 Å². The molecule has 0 fully saturated rings. The Morgan fingerprint density at radius 3 is 2.69 bits per heavy atom. The number of furan rings is 1. The van der Waals surface area contributed by atoms with E-state index >= 15 is 0 Å². The lowest BCUT2D eigenvalue weighted by atomic mass is 10.2. The molecule has 0 bridgehead atoms. The van der Waals surface area contributed by atoms with Crippen LogP contribution >= 0.6 is 11.8 Å². The number of hydrogen-bond acceptors (Lipinski definition) is 6. The predicted octanol–water partition coefficient (Wildman–Crippen LogP) is 0.446. The van der Waals surface area contributed by atoms with Gasteiger partial charge in [0.05, 0.1) is 6.10 Å². The Morgan fingerprint density at radius 1 is 1.50 bits per heavy atom. The number of rotatable bonds is 5. The van der Waals surface area contributed by atoms with Crippen molar-refractivity contribution in [3.63, 3.8) is 0 Å². The maximum absolute atomic E-state index is 10.7. The Bertz CT molecular complexity index is 349. The molecule has 1 heterocycles. The van der Waals surface area contributed by atoms with Gasteiger partial charge in [-0.3, -0.25) is 4.79 Å². The van der Waals surface area contributed by atoms with E-state index in [-0.39, 0.29) is 23.2 Å². The highest BCUT2D eigenvalue weighted by molar-refractivity contribution is 8.13. The molecule has 16 heavy (non-hydrogen) atoms. The van der Waals surface area contributed by atoms with Crippen molar-refractivity contribution in [2.75, 3.05) is 5.75 Å².